The normalized spacial score (nSPS) is 13.3. The molecule has 0 aromatic rings. The molecule has 9 heavy (non-hydrogen) atoms. The van der Waals surface area contributed by atoms with Crippen LogP contribution < -0.4 is 0 Å². The predicted molar refractivity (Wildman–Crippen MR) is 46.3 cm³/mol. The molecular weight excluding hydrogens is 154 g/mol. The first-order valence-corrected chi connectivity index (χ1v) is 4.32. The number of halogens is 2. The minimum Gasteiger partial charge on any atom is -0.172 e. The molecule has 0 radical (unpaired) electrons. The van der Waals surface area contributed by atoms with Crippen molar-refractivity contribution in [2.24, 2.45) is 5.92 Å². The molecule has 0 aromatic heterocycles. The van der Waals surface area contributed by atoms with Crippen LogP contribution in [0, 0.1) is 5.92 Å². The Morgan fingerprint density at radius 1 is 1.44 bits per heavy atom. The van der Waals surface area contributed by atoms with Gasteiger partial charge in [-0.1, -0.05) is 26.7 Å². The van der Waals surface area contributed by atoms with Gasteiger partial charge in [0.2, 0.25) is 0 Å². The third kappa shape index (κ3) is 6.53. The molecular formula is C6H13BCl2. The lowest BCUT2D eigenvalue weighted by molar-refractivity contribution is 0.574. The van der Waals surface area contributed by atoms with Crippen molar-refractivity contribution in [1.82, 2.24) is 0 Å². The second kappa shape index (κ2) is 5.43. The summed E-state index contributed by atoms with van der Waals surface area (Å²) in [4.78, 5) is 0. The highest BCUT2D eigenvalue weighted by Gasteiger charge is 2.10. The molecule has 0 rings (SSSR count). The van der Waals surface area contributed by atoms with Gasteiger partial charge in [0.15, 0.2) is 0 Å². The van der Waals surface area contributed by atoms with E-state index >= 15 is 0 Å². The van der Waals surface area contributed by atoms with Crippen LogP contribution in [0.5, 0.6) is 0 Å². The smallest absolute Gasteiger partial charge is 0.172 e. The summed E-state index contributed by atoms with van der Waals surface area (Å²) in [5.74, 6) is 0.676. The monoisotopic (exact) mass is 166 g/mol. The van der Waals surface area contributed by atoms with E-state index in [4.69, 9.17) is 22.9 Å². The van der Waals surface area contributed by atoms with Gasteiger partial charge < -0.3 is 0 Å². The van der Waals surface area contributed by atoms with Gasteiger partial charge >= 0.3 is 5.54 Å². The zero-order valence-electron chi connectivity index (χ0n) is 6.03. The summed E-state index contributed by atoms with van der Waals surface area (Å²) in [7, 11) is 0. The van der Waals surface area contributed by atoms with Crippen molar-refractivity contribution >= 4 is 28.5 Å². The van der Waals surface area contributed by atoms with E-state index in [1.54, 1.807) is 0 Å². The molecule has 1 atom stereocenters. The first-order chi connectivity index (χ1) is 4.16. The van der Waals surface area contributed by atoms with E-state index in [9.17, 15) is 0 Å². The summed E-state index contributed by atoms with van der Waals surface area (Å²) in [6.45, 7) is 4.36. The number of hydrogen-bond donors (Lipinski definition) is 0. The maximum atomic E-state index is 5.57. The van der Waals surface area contributed by atoms with Gasteiger partial charge in [-0.25, -0.2) is 0 Å². The summed E-state index contributed by atoms with van der Waals surface area (Å²) in [5.41, 5.74) is -0.174. The quantitative estimate of drug-likeness (QED) is 0.562. The number of rotatable bonds is 4. The van der Waals surface area contributed by atoms with Gasteiger partial charge in [0.05, 0.1) is 0 Å². The summed E-state index contributed by atoms with van der Waals surface area (Å²) in [6, 6.07) is 0. The lowest BCUT2D eigenvalue weighted by atomic mass is 9.87. The van der Waals surface area contributed by atoms with Gasteiger partial charge in [-0.05, 0) is 12.2 Å². The van der Waals surface area contributed by atoms with Crippen molar-refractivity contribution in [2.75, 3.05) is 0 Å². The molecule has 0 saturated heterocycles. The minimum atomic E-state index is -0.174. The van der Waals surface area contributed by atoms with Crippen LogP contribution in [0.3, 0.4) is 0 Å². The molecule has 0 aliphatic rings. The molecule has 0 nitrogen and oxygen atoms in total. The zero-order chi connectivity index (χ0) is 7.28. The molecule has 0 spiro atoms. The van der Waals surface area contributed by atoms with E-state index in [-0.39, 0.29) is 5.54 Å². The average molecular weight is 167 g/mol. The second-order valence-electron chi connectivity index (χ2n) is 2.52. The molecule has 0 bridgehead atoms. The van der Waals surface area contributed by atoms with Crippen molar-refractivity contribution < 1.29 is 0 Å². The largest absolute Gasteiger partial charge is 0.351 e. The molecule has 3 heteroatoms. The fourth-order valence-corrected chi connectivity index (χ4v) is 1.52. The minimum absolute atomic E-state index is 0.174. The summed E-state index contributed by atoms with van der Waals surface area (Å²) >= 11 is 11.1. The lowest BCUT2D eigenvalue weighted by Gasteiger charge is -2.06. The highest BCUT2D eigenvalue weighted by Crippen LogP contribution is 2.16. The van der Waals surface area contributed by atoms with E-state index in [0.717, 1.165) is 6.32 Å². The highest BCUT2D eigenvalue weighted by molar-refractivity contribution is 7.33. The van der Waals surface area contributed by atoms with E-state index in [2.05, 4.69) is 13.8 Å². The maximum absolute atomic E-state index is 5.57. The van der Waals surface area contributed by atoms with Crippen LogP contribution in [0.1, 0.15) is 26.7 Å². The zero-order valence-corrected chi connectivity index (χ0v) is 7.54. The standard InChI is InChI=1S/C6H13BCl2/c1-3-4-6(2)5-7(8)9/h6H,3-5H2,1-2H3. The van der Waals surface area contributed by atoms with Crippen molar-refractivity contribution in [3.8, 4) is 0 Å². The number of hydrogen-bond acceptors (Lipinski definition) is 0. The SMILES string of the molecule is CCCC(C)CB(Cl)Cl. The Bertz CT molecular complexity index is 66.1. The topological polar surface area (TPSA) is 0 Å². The molecule has 0 aromatic carbocycles. The molecule has 0 N–H and O–H groups in total. The van der Waals surface area contributed by atoms with Gasteiger partial charge in [-0.3, -0.25) is 0 Å². The second-order valence-corrected chi connectivity index (χ2v) is 3.80. The Labute approximate surface area is 67.8 Å². The Balaban J connectivity index is 3.15. The molecule has 1 unspecified atom stereocenters. The maximum Gasteiger partial charge on any atom is 0.351 e. The van der Waals surface area contributed by atoms with Crippen LogP contribution in [0.4, 0.5) is 0 Å². The van der Waals surface area contributed by atoms with Crippen molar-refractivity contribution in [1.29, 1.82) is 0 Å². The van der Waals surface area contributed by atoms with Crippen LogP contribution in [-0.2, 0) is 0 Å². The molecule has 0 amide bonds. The van der Waals surface area contributed by atoms with E-state index in [1.807, 2.05) is 0 Å². The Morgan fingerprint density at radius 3 is 2.33 bits per heavy atom. The summed E-state index contributed by atoms with van der Waals surface area (Å²) < 4.78 is 0. The molecule has 0 aliphatic heterocycles. The van der Waals surface area contributed by atoms with Gasteiger partial charge in [-0.15, -0.1) is 0 Å². The predicted octanol–water partition coefficient (Wildman–Crippen LogP) is 3.39. The van der Waals surface area contributed by atoms with E-state index < -0.39 is 0 Å². The first kappa shape index (κ1) is 9.64. The van der Waals surface area contributed by atoms with Crippen LogP contribution >= 0.6 is 22.9 Å². The fraction of sp³-hybridized carbons (Fsp3) is 1.00. The summed E-state index contributed by atoms with van der Waals surface area (Å²) in [6.07, 6.45) is 3.38. The van der Waals surface area contributed by atoms with Crippen molar-refractivity contribution in [3.63, 3.8) is 0 Å². The molecule has 0 saturated carbocycles. The van der Waals surface area contributed by atoms with Gasteiger partial charge in [0, 0.05) is 0 Å². The third-order valence-electron chi connectivity index (χ3n) is 1.36. The summed E-state index contributed by atoms with van der Waals surface area (Å²) in [5, 5.41) is 0. The Kier molecular flexibility index (Phi) is 5.82. The highest BCUT2D eigenvalue weighted by atomic mass is 35.5. The molecule has 0 heterocycles. The third-order valence-corrected chi connectivity index (χ3v) is 1.72. The van der Waals surface area contributed by atoms with Crippen LogP contribution in [-0.4, -0.2) is 5.54 Å². The molecule has 0 fully saturated rings. The van der Waals surface area contributed by atoms with Crippen LogP contribution in [0.15, 0.2) is 0 Å². The Hall–Kier alpha value is 0.645. The average Bonchev–Trinajstić information content (AvgIpc) is 1.63. The van der Waals surface area contributed by atoms with E-state index in [0.29, 0.717) is 5.92 Å². The molecule has 0 aliphatic carbocycles. The lowest BCUT2D eigenvalue weighted by Crippen LogP contribution is -2.01. The molecule has 54 valence electrons. The first-order valence-electron chi connectivity index (χ1n) is 3.45. The fourth-order valence-electron chi connectivity index (χ4n) is 0.915. The van der Waals surface area contributed by atoms with Gasteiger partial charge in [0.25, 0.3) is 0 Å². The van der Waals surface area contributed by atoms with Gasteiger partial charge in [0.1, 0.15) is 0 Å². The van der Waals surface area contributed by atoms with E-state index in [1.165, 1.54) is 12.8 Å². The van der Waals surface area contributed by atoms with Crippen molar-refractivity contribution in [2.45, 2.75) is 33.0 Å². The Morgan fingerprint density at radius 2 is 2.00 bits per heavy atom. The van der Waals surface area contributed by atoms with Crippen molar-refractivity contribution in [3.05, 3.63) is 0 Å². The van der Waals surface area contributed by atoms with Crippen LogP contribution in [0.25, 0.3) is 0 Å². The van der Waals surface area contributed by atoms with Crippen LogP contribution in [0.2, 0.25) is 6.32 Å². The van der Waals surface area contributed by atoms with Gasteiger partial charge in [-0.2, -0.15) is 22.9 Å².